The van der Waals surface area contributed by atoms with Crippen LogP contribution >= 0.6 is 0 Å². The lowest BCUT2D eigenvalue weighted by molar-refractivity contribution is 0.146. The Kier molecular flexibility index (Phi) is 5.52. The van der Waals surface area contributed by atoms with Crippen LogP contribution in [0.5, 0.6) is 5.75 Å². The number of hydrogen-bond acceptors (Lipinski definition) is 3. The van der Waals surface area contributed by atoms with Gasteiger partial charge in [-0.3, -0.25) is 0 Å². The van der Waals surface area contributed by atoms with Gasteiger partial charge in [-0.1, -0.05) is 18.9 Å². The molecule has 2 rings (SSSR count). The molecular weight excluding hydrogens is 238 g/mol. The van der Waals surface area contributed by atoms with Gasteiger partial charge in [0, 0.05) is 13.7 Å². The summed E-state index contributed by atoms with van der Waals surface area (Å²) in [6, 6.07) is 6.33. The van der Waals surface area contributed by atoms with Crippen LogP contribution in [0.25, 0.3) is 0 Å². The maximum atomic E-state index is 5.79. The molecule has 3 heteroatoms. The molecule has 0 saturated heterocycles. The van der Waals surface area contributed by atoms with E-state index in [4.69, 9.17) is 9.47 Å². The summed E-state index contributed by atoms with van der Waals surface area (Å²) in [7, 11) is 1.69. The lowest BCUT2D eigenvalue weighted by atomic mass is 10.1. The lowest BCUT2D eigenvalue weighted by Gasteiger charge is -2.16. The maximum absolute atomic E-state index is 5.79. The van der Waals surface area contributed by atoms with Gasteiger partial charge in [-0.25, -0.2) is 0 Å². The molecule has 0 radical (unpaired) electrons. The Morgan fingerprint density at radius 1 is 1.21 bits per heavy atom. The molecule has 19 heavy (non-hydrogen) atoms. The number of anilines is 1. The van der Waals surface area contributed by atoms with Crippen molar-refractivity contribution in [3.05, 3.63) is 23.8 Å². The van der Waals surface area contributed by atoms with Crippen LogP contribution < -0.4 is 10.1 Å². The van der Waals surface area contributed by atoms with E-state index in [1.165, 1.54) is 31.2 Å². The summed E-state index contributed by atoms with van der Waals surface area (Å²) in [6.07, 6.45) is 5.49. The SMILES string of the molecule is COCCOc1cc(C)ccc1NCC1CCCC1. The van der Waals surface area contributed by atoms with Crippen LogP contribution in [-0.2, 0) is 4.74 Å². The fourth-order valence-corrected chi connectivity index (χ4v) is 2.60. The van der Waals surface area contributed by atoms with Crippen LogP contribution in [-0.4, -0.2) is 26.9 Å². The molecule has 0 atom stereocenters. The summed E-state index contributed by atoms with van der Waals surface area (Å²) in [5.74, 6) is 1.77. The Hall–Kier alpha value is -1.22. The molecule has 1 N–H and O–H groups in total. The third-order valence-electron chi connectivity index (χ3n) is 3.74. The first-order valence-electron chi connectivity index (χ1n) is 7.26. The maximum Gasteiger partial charge on any atom is 0.142 e. The lowest BCUT2D eigenvalue weighted by Crippen LogP contribution is -2.13. The normalized spacial score (nSPS) is 15.7. The van der Waals surface area contributed by atoms with Crippen LogP contribution in [0.3, 0.4) is 0 Å². The van der Waals surface area contributed by atoms with Crippen molar-refractivity contribution in [3.8, 4) is 5.75 Å². The second-order valence-electron chi connectivity index (χ2n) is 5.37. The van der Waals surface area contributed by atoms with Crippen molar-refractivity contribution in [1.29, 1.82) is 0 Å². The standard InChI is InChI=1S/C16H25NO2/c1-13-7-8-15(16(11-13)19-10-9-18-2)17-12-14-5-3-4-6-14/h7-8,11,14,17H,3-6,9-10,12H2,1-2H3. The van der Waals surface area contributed by atoms with Gasteiger partial charge in [0.15, 0.2) is 0 Å². The van der Waals surface area contributed by atoms with Crippen LogP contribution in [0.4, 0.5) is 5.69 Å². The molecule has 1 aliphatic carbocycles. The minimum absolute atomic E-state index is 0.595. The molecule has 0 heterocycles. The number of aryl methyl sites for hydroxylation is 1. The highest BCUT2D eigenvalue weighted by molar-refractivity contribution is 5.57. The van der Waals surface area contributed by atoms with Crippen molar-refractivity contribution in [3.63, 3.8) is 0 Å². The van der Waals surface area contributed by atoms with Gasteiger partial charge in [0.25, 0.3) is 0 Å². The molecule has 3 nitrogen and oxygen atoms in total. The fraction of sp³-hybridized carbons (Fsp3) is 0.625. The number of rotatable bonds is 7. The van der Waals surface area contributed by atoms with Crippen LogP contribution in [0.15, 0.2) is 18.2 Å². The van der Waals surface area contributed by atoms with Gasteiger partial charge in [-0.05, 0) is 43.4 Å². The van der Waals surface area contributed by atoms with E-state index in [9.17, 15) is 0 Å². The highest BCUT2D eigenvalue weighted by Crippen LogP contribution is 2.29. The number of nitrogens with one attached hydrogen (secondary N) is 1. The average Bonchev–Trinajstić information content (AvgIpc) is 2.91. The van der Waals surface area contributed by atoms with Gasteiger partial charge in [-0.2, -0.15) is 0 Å². The molecule has 106 valence electrons. The van der Waals surface area contributed by atoms with Gasteiger partial charge >= 0.3 is 0 Å². The smallest absolute Gasteiger partial charge is 0.142 e. The first-order chi connectivity index (χ1) is 9.29. The van der Waals surface area contributed by atoms with Crippen molar-refractivity contribution < 1.29 is 9.47 Å². The second kappa shape index (κ2) is 7.39. The van der Waals surface area contributed by atoms with E-state index < -0.39 is 0 Å². The molecule has 0 aromatic heterocycles. The molecule has 1 fully saturated rings. The summed E-state index contributed by atoms with van der Waals surface area (Å²) >= 11 is 0. The van der Waals surface area contributed by atoms with E-state index in [0.29, 0.717) is 13.2 Å². The van der Waals surface area contributed by atoms with Gasteiger partial charge in [0.2, 0.25) is 0 Å². The first-order valence-corrected chi connectivity index (χ1v) is 7.26. The quantitative estimate of drug-likeness (QED) is 0.762. The minimum atomic E-state index is 0.595. The zero-order chi connectivity index (χ0) is 13.5. The predicted molar refractivity (Wildman–Crippen MR) is 79.0 cm³/mol. The molecule has 0 bridgehead atoms. The van der Waals surface area contributed by atoms with Crippen molar-refractivity contribution in [2.75, 3.05) is 32.2 Å². The molecule has 0 aliphatic heterocycles. The zero-order valence-corrected chi connectivity index (χ0v) is 12.1. The Bertz CT molecular complexity index is 386. The molecular formula is C16H25NO2. The highest BCUT2D eigenvalue weighted by Gasteiger charge is 2.15. The van der Waals surface area contributed by atoms with E-state index in [0.717, 1.165) is 23.9 Å². The van der Waals surface area contributed by atoms with E-state index >= 15 is 0 Å². The van der Waals surface area contributed by atoms with Crippen molar-refractivity contribution in [2.45, 2.75) is 32.6 Å². The van der Waals surface area contributed by atoms with Crippen molar-refractivity contribution >= 4 is 5.69 Å². The van der Waals surface area contributed by atoms with Gasteiger partial charge in [-0.15, -0.1) is 0 Å². The molecule has 1 saturated carbocycles. The summed E-state index contributed by atoms with van der Waals surface area (Å²) in [5.41, 5.74) is 2.33. The molecule has 0 unspecified atom stereocenters. The second-order valence-corrected chi connectivity index (χ2v) is 5.37. The molecule has 0 amide bonds. The number of methoxy groups -OCH3 is 1. The number of ether oxygens (including phenoxy) is 2. The van der Waals surface area contributed by atoms with Crippen molar-refractivity contribution in [1.82, 2.24) is 0 Å². The zero-order valence-electron chi connectivity index (χ0n) is 12.1. The van der Waals surface area contributed by atoms with Crippen LogP contribution in [0.2, 0.25) is 0 Å². The molecule has 1 aliphatic rings. The fourth-order valence-electron chi connectivity index (χ4n) is 2.60. The predicted octanol–water partition coefficient (Wildman–Crippen LogP) is 3.62. The summed E-state index contributed by atoms with van der Waals surface area (Å²) in [5, 5.41) is 3.54. The number of hydrogen-bond donors (Lipinski definition) is 1. The molecule has 1 aromatic rings. The Morgan fingerprint density at radius 2 is 2.00 bits per heavy atom. The van der Waals surface area contributed by atoms with Gasteiger partial charge < -0.3 is 14.8 Å². The summed E-state index contributed by atoms with van der Waals surface area (Å²) in [4.78, 5) is 0. The number of benzene rings is 1. The van der Waals surface area contributed by atoms with Gasteiger partial charge in [0.05, 0.1) is 12.3 Å². The summed E-state index contributed by atoms with van der Waals surface area (Å²) in [6.45, 7) is 4.36. The largest absolute Gasteiger partial charge is 0.489 e. The third-order valence-corrected chi connectivity index (χ3v) is 3.74. The van der Waals surface area contributed by atoms with Crippen LogP contribution in [0.1, 0.15) is 31.2 Å². The van der Waals surface area contributed by atoms with E-state index in [-0.39, 0.29) is 0 Å². The molecule has 0 spiro atoms. The average molecular weight is 263 g/mol. The summed E-state index contributed by atoms with van der Waals surface area (Å²) < 4.78 is 10.8. The van der Waals surface area contributed by atoms with Crippen LogP contribution in [0, 0.1) is 12.8 Å². The monoisotopic (exact) mass is 263 g/mol. The molecule has 1 aromatic carbocycles. The topological polar surface area (TPSA) is 30.5 Å². The third kappa shape index (κ3) is 4.43. The van der Waals surface area contributed by atoms with E-state index in [1.807, 2.05) is 0 Å². The first kappa shape index (κ1) is 14.2. The van der Waals surface area contributed by atoms with Crippen molar-refractivity contribution in [2.24, 2.45) is 5.92 Å². The minimum Gasteiger partial charge on any atom is -0.489 e. The van der Waals surface area contributed by atoms with E-state index in [1.54, 1.807) is 7.11 Å². The van der Waals surface area contributed by atoms with Gasteiger partial charge in [0.1, 0.15) is 12.4 Å². The van der Waals surface area contributed by atoms with E-state index in [2.05, 4.69) is 30.4 Å². The Balaban J connectivity index is 1.92. The Labute approximate surface area is 116 Å². The Morgan fingerprint density at radius 3 is 2.74 bits per heavy atom. The highest BCUT2D eigenvalue weighted by atomic mass is 16.5.